The molecule has 0 spiro atoms. The summed E-state index contributed by atoms with van der Waals surface area (Å²) < 4.78 is 25.3. The molecule has 1 aromatic heterocycles. The van der Waals surface area contributed by atoms with Crippen molar-refractivity contribution in [2.45, 2.75) is 26.3 Å². The van der Waals surface area contributed by atoms with Crippen LogP contribution in [0.1, 0.15) is 50.1 Å². The van der Waals surface area contributed by atoms with Crippen LogP contribution < -0.4 is 0 Å². The van der Waals surface area contributed by atoms with Crippen molar-refractivity contribution >= 4 is 27.5 Å². The Morgan fingerprint density at radius 3 is 2.27 bits per heavy atom. The molecule has 0 unspecified atom stereocenters. The van der Waals surface area contributed by atoms with Gasteiger partial charge in [-0.3, -0.25) is 14.3 Å². The summed E-state index contributed by atoms with van der Waals surface area (Å²) in [6.45, 7) is 3.64. The van der Waals surface area contributed by atoms with Crippen LogP contribution in [0.4, 0.5) is 0 Å². The Balaban J connectivity index is 1.76. The topological polar surface area (TPSA) is 86.1 Å². The summed E-state index contributed by atoms with van der Waals surface area (Å²) >= 11 is 0. The molecule has 1 aromatic carbocycles. The number of fused-ring (bicyclic) bond motifs is 1. The van der Waals surface area contributed by atoms with Gasteiger partial charge in [0.15, 0.2) is 21.4 Å². The number of benzene rings is 1. The number of hydrogen-bond donors (Lipinski definition) is 0. The molecule has 4 rings (SSSR count). The molecule has 0 bridgehead atoms. The summed E-state index contributed by atoms with van der Waals surface area (Å²) in [6, 6.07) is 6.59. The van der Waals surface area contributed by atoms with Crippen molar-refractivity contribution in [1.29, 1.82) is 0 Å². The fourth-order valence-corrected chi connectivity index (χ4v) is 5.45. The minimum atomic E-state index is -3.02. The Hall–Kier alpha value is -2.54. The molecule has 0 radical (unpaired) electrons. The number of hydrogen-bond acceptors (Lipinski definition) is 5. The van der Waals surface area contributed by atoms with Crippen LogP contribution in [0, 0.1) is 13.8 Å². The molecular weight excluding hydrogens is 352 g/mol. The van der Waals surface area contributed by atoms with Crippen LogP contribution in [0.25, 0.3) is 6.08 Å². The molecule has 6 nitrogen and oxygen atoms in total. The van der Waals surface area contributed by atoms with Gasteiger partial charge in [0.1, 0.15) is 0 Å². The highest BCUT2D eigenvalue weighted by Gasteiger charge is 2.34. The molecule has 134 valence electrons. The second-order valence-electron chi connectivity index (χ2n) is 6.85. The smallest absolute Gasteiger partial charge is 0.197 e. The number of Topliss-reactive ketones (excluding diaryl/α,β-unsaturated/α-hetero) is 2. The molecule has 0 saturated carbocycles. The van der Waals surface area contributed by atoms with Gasteiger partial charge >= 0.3 is 0 Å². The van der Waals surface area contributed by atoms with Gasteiger partial charge in [0, 0.05) is 22.4 Å². The van der Waals surface area contributed by atoms with Crippen LogP contribution in [0.3, 0.4) is 0 Å². The SMILES string of the molecule is Cc1nn([C@H]2CCS(=O)(=O)C2)c(C)c1C=C1C(=O)c2ccccc2C1=O. The summed E-state index contributed by atoms with van der Waals surface area (Å²) in [5.41, 5.74) is 3.14. The third-order valence-electron chi connectivity index (χ3n) is 5.13. The number of aryl methyl sites for hydroxylation is 1. The number of sulfone groups is 1. The van der Waals surface area contributed by atoms with Crippen molar-refractivity contribution in [2.75, 3.05) is 11.5 Å². The molecular formula is C19H18N2O4S. The van der Waals surface area contributed by atoms with E-state index >= 15 is 0 Å². The average molecular weight is 370 g/mol. The van der Waals surface area contributed by atoms with Gasteiger partial charge in [-0.1, -0.05) is 24.3 Å². The molecule has 1 saturated heterocycles. The zero-order chi connectivity index (χ0) is 18.6. The van der Waals surface area contributed by atoms with E-state index in [1.165, 1.54) is 0 Å². The number of nitrogens with zero attached hydrogens (tertiary/aromatic N) is 2. The van der Waals surface area contributed by atoms with E-state index in [-0.39, 0.29) is 34.7 Å². The van der Waals surface area contributed by atoms with E-state index in [0.717, 1.165) is 5.69 Å². The third-order valence-corrected chi connectivity index (χ3v) is 6.88. The average Bonchev–Trinajstić information content (AvgIpc) is 3.18. The maximum absolute atomic E-state index is 12.6. The number of rotatable bonds is 2. The van der Waals surface area contributed by atoms with Gasteiger partial charge in [0.25, 0.3) is 0 Å². The van der Waals surface area contributed by atoms with Crippen LogP contribution in [0.2, 0.25) is 0 Å². The van der Waals surface area contributed by atoms with Gasteiger partial charge in [-0.2, -0.15) is 5.10 Å². The quantitative estimate of drug-likeness (QED) is 0.598. The minimum Gasteiger partial charge on any atom is -0.288 e. The first-order chi connectivity index (χ1) is 12.3. The minimum absolute atomic E-state index is 0.0777. The zero-order valence-electron chi connectivity index (χ0n) is 14.5. The van der Waals surface area contributed by atoms with Gasteiger partial charge in [-0.15, -0.1) is 0 Å². The first-order valence-electron chi connectivity index (χ1n) is 8.45. The standard InChI is InChI=1S/C19H18N2O4S/c1-11-16(12(2)21(20-11)13-7-8-26(24,25)10-13)9-17-18(22)14-5-3-4-6-15(14)19(17)23/h3-6,9,13H,7-8,10H2,1-2H3/t13-/m0/s1. The van der Waals surface area contributed by atoms with Crippen molar-refractivity contribution in [1.82, 2.24) is 9.78 Å². The Kier molecular flexibility index (Phi) is 3.73. The molecule has 0 amide bonds. The van der Waals surface area contributed by atoms with Crippen molar-refractivity contribution in [3.63, 3.8) is 0 Å². The molecule has 1 aliphatic carbocycles. The molecule has 26 heavy (non-hydrogen) atoms. The first kappa shape index (κ1) is 16.9. The number of carbonyl (C=O) groups is 2. The highest BCUT2D eigenvalue weighted by atomic mass is 32.2. The number of ketones is 2. The molecule has 1 aliphatic heterocycles. The second-order valence-corrected chi connectivity index (χ2v) is 9.08. The lowest BCUT2D eigenvalue weighted by Crippen LogP contribution is -2.14. The van der Waals surface area contributed by atoms with E-state index in [2.05, 4.69) is 5.10 Å². The Morgan fingerprint density at radius 1 is 1.12 bits per heavy atom. The van der Waals surface area contributed by atoms with Gasteiger partial charge in [-0.25, -0.2) is 8.42 Å². The first-order valence-corrected chi connectivity index (χ1v) is 10.3. The van der Waals surface area contributed by atoms with Crippen LogP contribution >= 0.6 is 0 Å². The van der Waals surface area contributed by atoms with Crippen LogP contribution in [-0.4, -0.2) is 41.3 Å². The van der Waals surface area contributed by atoms with Crippen molar-refractivity contribution in [2.24, 2.45) is 0 Å². The number of aromatic nitrogens is 2. The van der Waals surface area contributed by atoms with Crippen LogP contribution in [0.15, 0.2) is 29.8 Å². The Bertz CT molecular complexity index is 1060. The van der Waals surface area contributed by atoms with E-state index in [0.29, 0.717) is 28.8 Å². The van der Waals surface area contributed by atoms with Crippen LogP contribution in [-0.2, 0) is 9.84 Å². The molecule has 0 N–H and O–H groups in total. The van der Waals surface area contributed by atoms with Gasteiger partial charge in [0.05, 0.1) is 28.8 Å². The lowest BCUT2D eigenvalue weighted by atomic mass is 10.1. The van der Waals surface area contributed by atoms with Gasteiger partial charge in [-0.05, 0) is 26.3 Å². The zero-order valence-corrected chi connectivity index (χ0v) is 15.3. The monoisotopic (exact) mass is 370 g/mol. The molecule has 1 atom stereocenters. The largest absolute Gasteiger partial charge is 0.288 e. The van der Waals surface area contributed by atoms with Crippen molar-refractivity contribution < 1.29 is 18.0 Å². The molecule has 2 aromatic rings. The third kappa shape index (κ3) is 2.54. The Morgan fingerprint density at radius 2 is 1.73 bits per heavy atom. The van der Waals surface area contributed by atoms with E-state index in [9.17, 15) is 18.0 Å². The fourth-order valence-electron chi connectivity index (χ4n) is 3.76. The second kappa shape index (κ2) is 5.74. The highest BCUT2D eigenvalue weighted by Crippen LogP contribution is 2.31. The highest BCUT2D eigenvalue weighted by molar-refractivity contribution is 7.91. The predicted molar refractivity (Wildman–Crippen MR) is 97.1 cm³/mol. The Labute approximate surface area is 151 Å². The summed E-state index contributed by atoms with van der Waals surface area (Å²) in [7, 11) is -3.02. The normalized spacial score (nSPS) is 21.3. The summed E-state index contributed by atoms with van der Waals surface area (Å²) in [5, 5.41) is 4.48. The molecule has 2 heterocycles. The summed E-state index contributed by atoms with van der Waals surface area (Å²) in [4.78, 5) is 25.2. The van der Waals surface area contributed by atoms with Crippen LogP contribution in [0.5, 0.6) is 0 Å². The fraction of sp³-hybridized carbons (Fsp3) is 0.316. The van der Waals surface area contributed by atoms with E-state index in [1.54, 1.807) is 41.9 Å². The van der Waals surface area contributed by atoms with Gasteiger partial charge < -0.3 is 0 Å². The van der Waals surface area contributed by atoms with Crippen molar-refractivity contribution in [3.05, 3.63) is 57.9 Å². The lowest BCUT2D eigenvalue weighted by molar-refractivity contribution is 0.0990. The summed E-state index contributed by atoms with van der Waals surface area (Å²) in [5.74, 6) is -0.311. The maximum Gasteiger partial charge on any atom is 0.197 e. The molecule has 2 aliphatic rings. The molecule has 7 heteroatoms. The van der Waals surface area contributed by atoms with Gasteiger partial charge in [0.2, 0.25) is 0 Å². The van der Waals surface area contributed by atoms with E-state index < -0.39 is 9.84 Å². The number of allylic oxidation sites excluding steroid dienone is 1. The van der Waals surface area contributed by atoms with E-state index in [1.807, 2.05) is 6.92 Å². The maximum atomic E-state index is 12.6. The van der Waals surface area contributed by atoms with E-state index in [4.69, 9.17) is 0 Å². The molecule has 1 fully saturated rings. The van der Waals surface area contributed by atoms with Crippen molar-refractivity contribution in [3.8, 4) is 0 Å². The summed E-state index contributed by atoms with van der Waals surface area (Å²) in [6.07, 6.45) is 2.13. The lowest BCUT2D eigenvalue weighted by Gasteiger charge is -2.11. The number of carbonyl (C=O) groups excluding carboxylic acids is 2. The predicted octanol–water partition coefficient (Wildman–Crippen LogP) is 2.32.